The van der Waals surface area contributed by atoms with Crippen molar-refractivity contribution in [2.24, 2.45) is 0 Å². The molecule has 0 N–H and O–H groups in total. The number of carbonyl (C=O) groups is 1. The van der Waals surface area contributed by atoms with Crippen LogP contribution in [0.1, 0.15) is 31.7 Å². The molecule has 4 heteroatoms. The average molecular weight is 429 g/mol. The third-order valence-electron chi connectivity index (χ3n) is 6.08. The second-order valence-electron chi connectivity index (χ2n) is 8.42. The molecule has 4 nitrogen and oxygen atoms in total. The van der Waals surface area contributed by atoms with Crippen LogP contribution in [-0.4, -0.2) is 37.0 Å². The van der Waals surface area contributed by atoms with Gasteiger partial charge in [-0.2, -0.15) is 0 Å². The third kappa shape index (κ3) is 5.98. The number of anilines is 1. The summed E-state index contributed by atoms with van der Waals surface area (Å²) in [6, 6.07) is 26.7. The molecular weight excluding hydrogens is 396 g/mol. The number of hydrogen-bond donors (Lipinski definition) is 0. The van der Waals surface area contributed by atoms with Crippen LogP contribution in [0.4, 0.5) is 5.69 Å². The summed E-state index contributed by atoms with van der Waals surface area (Å²) in [5.41, 5.74) is 4.47. The monoisotopic (exact) mass is 428 g/mol. The van der Waals surface area contributed by atoms with Crippen molar-refractivity contribution < 1.29 is 9.53 Å². The molecule has 0 saturated carbocycles. The molecule has 1 aliphatic rings. The molecule has 1 heterocycles. The molecule has 1 fully saturated rings. The fourth-order valence-electron chi connectivity index (χ4n) is 4.21. The van der Waals surface area contributed by atoms with E-state index in [1.165, 1.54) is 30.4 Å². The van der Waals surface area contributed by atoms with Crippen molar-refractivity contribution in [2.75, 3.05) is 31.1 Å². The lowest BCUT2D eigenvalue weighted by Gasteiger charge is -2.29. The Bertz CT molecular complexity index is 978. The van der Waals surface area contributed by atoms with Crippen LogP contribution >= 0.6 is 0 Å². The van der Waals surface area contributed by atoms with E-state index in [4.69, 9.17) is 4.74 Å². The van der Waals surface area contributed by atoms with Crippen LogP contribution in [0, 0.1) is 0 Å². The van der Waals surface area contributed by atoms with Crippen molar-refractivity contribution in [3.63, 3.8) is 0 Å². The van der Waals surface area contributed by atoms with Gasteiger partial charge < -0.3 is 14.5 Å². The number of nitrogens with zero attached hydrogens (tertiary/aromatic N) is 2. The van der Waals surface area contributed by atoms with Gasteiger partial charge in [0.15, 0.2) is 0 Å². The predicted octanol–water partition coefficient (Wildman–Crippen LogP) is 5.77. The van der Waals surface area contributed by atoms with Crippen LogP contribution in [0.3, 0.4) is 0 Å². The van der Waals surface area contributed by atoms with Crippen LogP contribution in [0.5, 0.6) is 5.75 Å². The van der Waals surface area contributed by atoms with Crippen LogP contribution in [-0.2, 0) is 11.4 Å². The maximum atomic E-state index is 12.2. The van der Waals surface area contributed by atoms with Gasteiger partial charge in [-0.15, -0.1) is 0 Å². The Kier molecular flexibility index (Phi) is 7.57. The maximum absolute atomic E-state index is 12.2. The maximum Gasteiger partial charge on any atom is 0.223 e. The number of carbonyl (C=O) groups excluding carboxylic acids is 1. The SMILES string of the molecule is CC(=O)N(CCN1CCCCC1)c1ccc(OCc2ccc(-c3ccccc3)cc2)cc1. The minimum absolute atomic E-state index is 0.0779. The average Bonchev–Trinajstić information content (AvgIpc) is 2.85. The number of likely N-dealkylation sites (tertiary alicyclic amines) is 1. The summed E-state index contributed by atoms with van der Waals surface area (Å²) < 4.78 is 5.98. The lowest BCUT2D eigenvalue weighted by Crippen LogP contribution is -2.39. The molecule has 166 valence electrons. The van der Waals surface area contributed by atoms with Gasteiger partial charge >= 0.3 is 0 Å². The van der Waals surface area contributed by atoms with E-state index in [2.05, 4.69) is 53.4 Å². The smallest absolute Gasteiger partial charge is 0.223 e. The molecule has 0 radical (unpaired) electrons. The molecule has 0 atom stereocenters. The highest BCUT2D eigenvalue weighted by Crippen LogP contribution is 2.23. The molecular formula is C28H32N2O2. The van der Waals surface area contributed by atoms with Crippen LogP contribution in [0.15, 0.2) is 78.9 Å². The number of piperidine rings is 1. The van der Waals surface area contributed by atoms with E-state index in [1.54, 1.807) is 6.92 Å². The van der Waals surface area contributed by atoms with E-state index >= 15 is 0 Å². The van der Waals surface area contributed by atoms with Crippen LogP contribution in [0.2, 0.25) is 0 Å². The van der Waals surface area contributed by atoms with Crippen molar-refractivity contribution in [1.82, 2.24) is 4.90 Å². The van der Waals surface area contributed by atoms with E-state index < -0.39 is 0 Å². The van der Waals surface area contributed by atoms with Crippen molar-refractivity contribution in [1.29, 1.82) is 0 Å². The number of amides is 1. The third-order valence-corrected chi connectivity index (χ3v) is 6.08. The topological polar surface area (TPSA) is 32.8 Å². The number of ether oxygens (including phenoxy) is 1. The molecule has 1 aliphatic heterocycles. The number of hydrogen-bond acceptors (Lipinski definition) is 3. The second kappa shape index (κ2) is 11.0. The zero-order valence-corrected chi connectivity index (χ0v) is 18.9. The van der Waals surface area contributed by atoms with E-state index in [0.717, 1.165) is 43.2 Å². The van der Waals surface area contributed by atoms with E-state index in [0.29, 0.717) is 6.61 Å². The van der Waals surface area contributed by atoms with Gasteiger partial charge in [-0.1, -0.05) is 61.0 Å². The first-order valence-corrected chi connectivity index (χ1v) is 11.6. The van der Waals surface area contributed by atoms with Crippen LogP contribution < -0.4 is 9.64 Å². The molecule has 0 spiro atoms. The Balaban J connectivity index is 1.32. The second-order valence-corrected chi connectivity index (χ2v) is 8.42. The summed E-state index contributed by atoms with van der Waals surface area (Å²) in [6.07, 6.45) is 3.85. The summed E-state index contributed by atoms with van der Waals surface area (Å²) >= 11 is 0. The first-order valence-electron chi connectivity index (χ1n) is 11.6. The first-order chi connectivity index (χ1) is 15.7. The van der Waals surface area contributed by atoms with E-state index in [9.17, 15) is 4.79 Å². The predicted molar refractivity (Wildman–Crippen MR) is 131 cm³/mol. The minimum atomic E-state index is 0.0779. The van der Waals surface area contributed by atoms with E-state index in [1.807, 2.05) is 35.2 Å². The zero-order chi connectivity index (χ0) is 22.2. The molecule has 0 aliphatic carbocycles. The lowest BCUT2D eigenvalue weighted by atomic mass is 10.0. The summed E-state index contributed by atoms with van der Waals surface area (Å²) in [5.74, 6) is 0.884. The Morgan fingerprint density at radius 1 is 0.844 bits per heavy atom. The Labute approximate surface area is 191 Å². The summed E-state index contributed by atoms with van der Waals surface area (Å²) in [6.45, 7) is 6.09. The molecule has 0 unspecified atom stereocenters. The molecule has 32 heavy (non-hydrogen) atoms. The Morgan fingerprint density at radius 2 is 1.50 bits per heavy atom. The minimum Gasteiger partial charge on any atom is -0.489 e. The van der Waals surface area contributed by atoms with Gasteiger partial charge in [0, 0.05) is 25.7 Å². The van der Waals surface area contributed by atoms with Gasteiger partial charge in [0.05, 0.1) is 0 Å². The lowest BCUT2D eigenvalue weighted by molar-refractivity contribution is -0.116. The largest absolute Gasteiger partial charge is 0.489 e. The van der Waals surface area contributed by atoms with Crippen molar-refractivity contribution in [3.8, 4) is 16.9 Å². The molecule has 0 bridgehead atoms. The highest BCUT2D eigenvalue weighted by atomic mass is 16.5. The van der Waals surface area contributed by atoms with Crippen molar-refractivity contribution >= 4 is 11.6 Å². The molecule has 0 aromatic heterocycles. The molecule has 4 rings (SSSR count). The van der Waals surface area contributed by atoms with Crippen molar-refractivity contribution in [3.05, 3.63) is 84.4 Å². The van der Waals surface area contributed by atoms with Gasteiger partial charge in [-0.3, -0.25) is 4.79 Å². The van der Waals surface area contributed by atoms with E-state index in [-0.39, 0.29) is 5.91 Å². The van der Waals surface area contributed by atoms with Crippen molar-refractivity contribution in [2.45, 2.75) is 32.8 Å². The van der Waals surface area contributed by atoms with Gasteiger partial charge in [0.2, 0.25) is 5.91 Å². The fraction of sp³-hybridized carbons (Fsp3) is 0.321. The molecule has 3 aromatic rings. The number of benzene rings is 3. The Morgan fingerprint density at radius 3 is 2.16 bits per heavy atom. The normalized spacial score (nSPS) is 14.2. The Hall–Kier alpha value is -3.11. The summed E-state index contributed by atoms with van der Waals surface area (Å²) in [5, 5.41) is 0. The summed E-state index contributed by atoms with van der Waals surface area (Å²) in [7, 11) is 0. The first kappa shape index (κ1) is 22.1. The standard InChI is InChI=1S/C28H32N2O2/c1-23(31)30(21-20-29-18-6-3-7-19-29)27-14-16-28(17-15-27)32-22-24-10-12-26(13-11-24)25-8-4-2-5-9-25/h2,4-5,8-17H,3,6-7,18-22H2,1H3. The molecule has 1 saturated heterocycles. The number of rotatable bonds is 8. The van der Waals surface area contributed by atoms with Crippen LogP contribution in [0.25, 0.3) is 11.1 Å². The quantitative estimate of drug-likeness (QED) is 0.456. The highest BCUT2D eigenvalue weighted by molar-refractivity contribution is 5.91. The fourth-order valence-corrected chi connectivity index (χ4v) is 4.21. The van der Waals surface area contributed by atoms with Gasteiger partial charge in [-0.25, -0.2) is 0 Å². The molecule has 3 aromatic carbocycles. The van der Waals surface area contributed by atoms with Gasteiger partial charge in [0.1, 0.15) is 12.4 Å². The summed E-state index contributed by atoms with van der Waals surface area (Å²) in [4.78, 5) is 16.5. The highest BCUT2D eigenvalue weighted by Gasteiger charge is 2.15. The van der Waals surface area contributed by atoms with Gasteiger partial charge in [0.25, 0.3) is 0 Å². The molecule has 1 amide bonds. The zero-order valence-electron chi connectivity index (χ0n) is 18.9. The van der Waals surface area contributed by atoms with Gasteiger partial charge in [-0.05, 0) is 66.9 Å².